The van der Waals surface area contributed by atoms with E-state index < -0.39 is 16.1 Å². The van der Waals surface area contributed by atoms with Crippen molar-refractivity contribution in [3.8, 4) is 0 Å². The maximum absolute atomic E-state index is 11.6. The van der Waals surface area contributed by atoms with E-state index in [1.165, 1.54) is 0 Å². The lowest BCUT2D eigenvalue weighted by Crippen LogP contribution is -2.45. The van der Waals surface area contributed by atoms with Gasteiger partial charge in [0.2, 0.25) is 10.0 Å². The smallest absolute Gasteiger partial charge is 0.212 e. The van der Waals surface area contributed by atoms with Crippen molar-refractivity contribution in [2.45, 2.75) is 38.8 Å². The second kappa shape index (κ2) is 2.41. The third kappa shape index (κ3) is 0.929. The zero-order valence-electron chi connectivity index (χ0n) is 9.03. The summed E-state index contributed by atoms with van der Waals surface area (Å²) >= 11 is 0. The first-order chi connectivity index (χ1) is 6.80. The normalized spacial score (nSPS) is 54.5. The van der Waals surface area contributed by atoms with Crippen molar-refractivity contribution in [1.82, 2.24) is 4.72 Å². The summed E-state index contributed by atoms with van der Waals surface area (Å²) < 4.78 is 25.9. The van der Waals surface area contributed by atoms with E-state index in [2.05, 4.69) is 18.6 Å². The number of hydrogen-bond acceptors (Lipinski definition) is 3. The molecule has 0 radical (unpaired) electrons. The standard InChI is InChI=1S/C10H17NO3S/c1-9(2)6-3-4-10(9)5-15(13,14)11-8(10)7(6)12/h6-8,11-12H,3-5H2,1-2H3/t6-,7+,8-,10-/m0/s1. The van der Waals surface area contributed by atoms with Crippen molar-refractivity contribution >= 4 is 10.0 Å². The molecule has 0 aromatic heterocycles. The van der Waals surface area contributed by atoms with Gasteiger partial charge in [0.25, 0.3) is 0 Å². The van der Waals surface area contributed by atoms with Gasteiger partial charge in [0, 0.05) is 5.41 Å². The summed E-state index contributed by atoms with van der Waals surface area (Å²) in [7, 11) is -3.16. The molecule has 2 bridgehead atoms. The van der Waals surface area contributed by atoms with Gasteiger partial charge in [-0.25, -0.2) is 13.1 Å². The maximum atomic E-state index is 11.6. The van der Waals surface area contributed by atoms with Crippen LogP contribution < -0.4 is 4.72 Å². The van der Waals surface area contributed by atoms with E-state index in [0.717, 1.165) is 12.8 Å². The molecule has 0 unspecified atom stereocenters. The molecule has 4 atom stereocenters. The fourth-order valence-corrected chi connectivity index (χ4v) is 6.49. The summed E-state index contributed by atoms with van der Waals surface area (Å²) in [5, 5.41) is 10.1. The lowest BCUT2D eigenvalue weighted by atomic mass is 9.69. The predicted molar refractivity (Wildman–Crippen MR) is 55.7 cm³/mol. The molecule has 3 fully saturated rings. The molecule has 2 saturated carbocycles. The van der Waals surface area contributed by atoms with Crippen molar-refractivity contribution in [3.05, 3.63) is 0 Å². The molecule has 4 nitrogen and oxygen atoms in total. The topological polar surface area (TPSA) is 66.4 Å². The van der Waals surface area contributed by atoms with Gasteiger partial charge in [-0.3, -0.25) is 0 Å². The molecule has 3 aliphatic rings. The number of aliphatic hydroxyl groups excluding tert-OH is 1. The summed E-state index contributed by atoms with van der Waals surface area (Å²) in [5.74, 6) is 0.455. The van der Waals surface area contributed by atoms with E-state index >= 15 is 0 Å². The Labute approximate surface area is 90.1 Å². The molecule has 0 aromatic rings. The number of aliphatic hydroxyl groups is 1. The second-order valence-electron chi connectivity index (χ2n) is 5.87. The Balaban J connectivity index is 2.16. The first-order valence-electron chi connectivity index (χ1n) is 5.48. The van der Waals surface area contributed by atoms with Gasteiger partial charge < -0.3 is 5.11 Å². The van der Waals surface area contributed by atoms with Gasteiger partial charge in [0.05, 0.1) is 17.9 Å². The van der Waals surface area contributed by atoms with Crippen molar-refractivity contribution in [2.75, 3.05) is 5.75 Å². The van der Waals surface area contributed by atoms with Gasteiger partial charge in [-0.15, -0.1) is 0 Å². The number of sulfonamides is 1. The molecule has 1 aliphatic heterocycles. The quantitative estimate of drug-likeness (QED) is 0.620. The van der Waals surface area contributed by atoms with E-state index in [1.54, 1.807) is 0 Å². The Kier molecular flexibility index (Phi) is 1.62. The fraction of sp³-hybridized carbons (Fsp3) is 1.00. The lowest BCUT2D eigenvalue weighted by Gasteiger charge is -2.35. The zero-order valence-corrected chi connectivity index (χ0v) is 9.84. The van der Waals surface area contributed by atoms with Crippen LogP contribution >= 0.6 is 0 Å². The van der Waals surface area contributed by atoms with Crippen LogP contribution in [0, 0.1) is 16.7 Å². The summed E-state index contributed by atoms with van der Waals surface area (Å²) in [4.78, 5) is 0. The van der Waals surface area contributed by atoms with Gasteiger partial charge >= 0.3 is 0 Å². The monoisotopic (exact) mass is 231 g/mol. The van der Waals surface area contributed by atoms with Crippen LogP contribution in [0.5, 0.6) is 0 Å². The molecule has 1 saturated heterocycles. The van der Waals surface area contributed by atoms with Crippen LogP contribution in [0.1, 0.15) is 26.7 Å². The van der Waals surface area contributed by atoms with Crippen LogP contribution in [0.4, 0.5) is 0 Å². The maximum Gasteiger partial charge on any atom is 0.212 e. The first kappa shape index (κ1) is 10.1. The molecular weight excluding hydrogens is 214 g/mol. The van der Waals surface area contributed by atoms with Gasteiger partial charge in [-0.2, -0.15) is 0 Å². The average molecular weight is 231 g/mol. The summed E-state index contributed by atoms with van der Waals surface area (Å²) in [6.07, 6.45) is 1.39. The van der Waals surface area contributed by atoms with Crippen molar-refractivity contribution in [3.63, 3.8) is 0 Å². The van der Waals surface area contributed by atoms with Crippen LogP contribution in [0.25, 0.3) is 0 Å². The highest BCUT2D eigenvalue weighted by Gasteiger charge is 2.72. The van der Waals surface area contributed by atoms with Gasteiger partial charge in [-0.05, 0) is 24.2 Å². The van der Waals surface area contributed by atoms with Crippen LogP contribution in [0.15, 0.2) is 0 Å². The van der Waals surface area contributed by atoms with Gasteiger partial charge in [0.1, 0.15) is 0 Å². The molecule has 0 aromatic carbocycles. The van der Waals surface area contributed by atoms with Gasteiger partial charge in [-0.1, -0.05) is 13.8 Å². The van der Waals surface area contributed by atoms with Crippen molar-refractivity contribution < 1.29 is 13.5 Å². The molecule has 15 heavy (non-hydrogen) atoms. The predicted octanol–water partition coefficient (Wildman–Crippen LogP) is 0.0851. The Morgan fingerprint density at radius 3 is 2.67 bits per heavy atom. The fourth-order valence-electron chi connectivity index (χ4n) is 4.28. The van der Waals surface area contributed by atoms with E-state index in [0.29, 0.717) is 0 Å². The Morgan fingerprint density at radius 2 is 2.07 bits per heavy atom. The summed E-state index contributed by atoms with van der Waals surface area (Å²) in [6, 6.07) is -0.240. The highest BCUT2D eigenvalue weighted by molar-refractivity contribution is 7.89. The van der Waals surface area contributed by atoms with Crippen LogP contribution in [0.3, 0.4) is 0 Å². The Hall–Kier alpha value is -0.130. The number of nitrogens with one attached hydrogen (secondary N) is 1. The Bertz CT molecular complexity index is 416. The van der Waals surface area contributed by atoms with E-state index in [9.17, 15) is 13.5 Å². The molecular formula is C10H17NO3S. The average Bonchev–Trinajstić information content (AvgIpc) is 2.54. The third-order valence-electron chi connectivity index (χ3n) is 5.21. The third-order valence-corrected chi connectivity index (χ3v) is 6.72. The molecule has 86 valence electrons. The number of fused-ring (bicyclic) bond motifs is 1. The summed E-state index contributed by atoms with van der Waals surface area (Å²) in [5.41, 5.74) is -0.288. The molecule has 3 rings (SSSR count). The van der Waals surface area contributed by atoms with Crippen LogP contribution in [-0.4, -0.2) is 31.4 Å². The molecule has 2 N–H and O–H groups in total. The second-order valence-corrected chi connectivity index (χ2v) is 7.62. The molecule has 2 aliphatic carbocycles. The van der Waals surface area contributed by atoms with E-state index in [4.69, 9.17) is 0 Å². The van der Waals surface area contributed by atoms with Gasteiger partial charge in [0.15, 0.2) is 0 Å². The highest BCUT2D eigenvalue weighted by Crippen LogP contribution is 2.67. The molecule has 5 heteroatoms. The number of hydrogen-bond donors (Lipinski definition) is 2. The van der Waals surface area contributed by atoms with E-state index in [-0.39, 0.29) is 28.5 Å². The summed E-state index contributed by atoms with van der Waals surface area (Å²) in [6.45, 7) is 4.22. The first-order valence-corrected chi connectivity index (χ1v) is 7.13. The zero-order chi connectivity index (χ0) is 11.1. The minimum atomic E-state index is -3.16. The minimum absolute atomic E-state index is 0.0619. The van der Waals surface area contributed by atoms with Crippen LogP contribution in [-0.2, 0) is 10.0 Å². The Morgan fingerprint density at radius 1 is 1.40 bits per heavy atom. The van der Waals surface area contributed by atoms with Crippen LogP contribution in [0.2, 0.25) is 0 Å². The van der Waals surface area contributed by atoms with Crippen molar-refractivity contribution in [1.29, 1.82) is 0 Å². The lowest BCUT2D eigenvalue weighted by molar-refractivity contribution is 0.0744. The largest absolute Gasteiger partial charge is 0.391 e. The molecule has 1 spiro atoms. The SMILES string of the molecule is CC1(C)[C@H]2CC[C@@]13CS(=O)(=O)N[C@H]3[C@@H]2O. The molecule has 0 amide bonds. The highest BCUT2D eigenvalue weighted by atomic mass is 32.2. The molecule has 1 heterocycles. The minimum Gasteiger partial charge on any atom is -0.391 e. The van der Waals surface area contributed by atoms with E-state index in [1.807, 2.05) is 0 Å². The van der Waals surface area contributed by atoms with Crippen molar-refractivity contribution in [2.24, 2.45) is 16.7 Å². The number of rotatable bonds is 0.